The van der Waals surface area contributed by atoms with E-state index >= 15 is 0 Å². The molecule has 1 aromatic carbocycles. The molecule has 0 radical (unpaired) electrons. The summed E-state index contributed by atoms with van der Waals surface area (Å²) in [6.07, 6.45) is 0. The van der Waals surface area contributed by atoms with Gasteiger partial charge in [0.25, 0.3) is 0 Å². The second-order valence-electron chi connectivity index (χ2n) is 8.26. The molecule has 0 bridgehead atoms. The fourth-order valence-electron chi connectivity index (χ4n) is 1.76. The molecule has 0 saturated carbocycles. The van der Waals surface area contributed by atoms with Gasteiger partial charge in [0.2, 0.25) is 0 Å². The molecule has 0 saturated heterocycles. The Hall–Kier alpha value is 0.220. The maximum Gasteiger partial charge on any atom is 0.0700 e. The molecule has 0 aliphatic carbocycles. The molecule has 1 aromatic rings. The number of ether oxygens (including phenoxy) is 2. The first-order valence-electron chi connectivity index (χ1n) is 8.96. The van der Waals surface area contributed by atoms with Gasteiger partial charge in [-0.25, -0.2) is 0 Å². The lowest BCUT2D eigenvalue weighted by atomic mass is 9.96. The van der Waals surface area contributed by atoms with Crippen LogP contribution in [0.5, 0.6) is 0 Å². The van der Waals surface area contributed by atoms with Gasteiger partial charge in [0.05, 0.1) is 59.7 Å². The van der Waals surface area contributed by atoms with E-state index < -0.39 is 0 Å². The number of aliphatic hydroxyl groups is 2. The minimum atomic E-state index is -0.190. The van der Waals surface area contributed by atoms with Crippen LogP contribution >= 0.6 is 46.4 Å². The van der Waals surface area contributed by atoms with E-state index in [1.54, 1.807) is 13.8 Å². The standard InChI is InChI=1S/C12H26O4.C8H6Cl4/c1-11(2,7-13)9-15-5-6-16-10-12(3,4)8-14;1-3-5(9)7(11)4(2)8(12)6(3)10/h13-14H,5-10H2,1-4H3;1-2H3. The molecule has 0 heterocycles. The van der Waals surface area contributed by atoms with Crippen molar-refractivity contribution in [2.24, 2.45) is 10.8 Å². The first-order chi connectivity index (χ1) is 12.8. The normalized spacial score (nSPS) is 12.0. The largest absolute Gasteiger partial charge is 0.396 e. The summed E-state index contributed by atoms with van der Waals surface area (Å²) in [5.74, 6) is 0. The summed E-state index contributed by atoms with van der Waals surface area (Å²) in [5, 5.41) is 19.9. The van der Waals surface area contributed by atoms with E-state index in [1.807, 2.05) is 27.7 Å². The third-order valence-electron chi connectivity index (χ3n) is 3.92. The van der Waals surface area contributed by atoms with E-state index in [2.05, 4.69) is 0 Å². The van der Waals surface area contributed by atoms with Gasteiger partial charge in [-0.15, -0.1) is 0 Å². The number of hydrogen-bond donors (Lipinski definition) is 2. The third kappa shape index (κ3) is 9.82. The van der Waals surface area contributed by atoms with Crippen molar-refractivity contribution in [2.45, 2.75) is 41.5 Å². The molecule has 4 nitrogen and oxygen atoms in total. The third-order valence-corrected chi connectivity index (χ3v) is 6.00. The SMILES string of the molecule is CC(C)(CO)COCCOCC(C)(C)CO.Cc1c(Cl)c(Cl)c(C)c(Cl)c1Cl. The second-order valence-corrected chi connectivity index (χ2v) is 9.77. The molecule has 0 atom stereocenters. The molecular weight excluding hydrogens is 446 g/mol. The first kappa shape index (κ1) is 28.2. The summed E-state index contributed by atoms with van der Waals surface area (Å²) in [6, 6.07) is 0. The van der Waals surface area contributed by atoms with E-state index in [-0.39, 0.29) is 24.0 Å². The van der Waals surface area contributed by atoms with Crippen molar-refractivity contribution in [1.82, 2.24) is 0 Å². The van der Waals surface area contributed by atoms with Crippen LogP contribution in [0.15, 0.2) is 0 Å². The summed E-state index contributed by atoms with van der Waals surface area (Å²) in [6.45, 7) is 13.7. The Morgan fingerprint density at radius 2 is 0.893 bits per heavy atom. The Morgan fingerprint density at radius 3 is 1.11 bits per heavy atom. The average Bonchev–Trinajstić information content (AvgIpc) is 2.66. The van der Waals surface area contributed by atoms with Crippen LogP contribution in [-0.4, -0.2) is 49.9 Å². The van der Waals surface area contributed by atoms with Gasteiger partial charge in [0, 0.05) is 10.8 Å². The molecule has 0 aliphatic heterocycles. The zero-order valence-corrected chi connectivity index (χ0v) is 20.5. The highest BCUT2D eigenvalue weighted by Gasteiger charge is 2.18. The van der Waals surface area contributed by atoms with Crippen molar-refractivity contribution in [1.29, 1.82) is 0 Å². The van der Waals surface area contributed by atoms with Gasteiger partial charge >= 0.3 is 0 Å². The van der Waals surface area contributed by atoms with Crippen LogP contribution in [0.1, 0.15) is 38.8 Å². The number of aliphatic hydroxyl groups excluding tert-OH is 2. The fraction of sp³-hybridized carbons (Fsp3) is 0.700. The Kier molecular flexibility index (Phi) is 12.9. The Bertz CT molecular complexity index is 494. The zero-order chi connectivity index (χ0) is 22.1. The Morgan fingerprint density at radius 1 is 0.643 bits per heavy atom. The Balaban J connectivity index is 0.000000540. The van der Waals surface area contributed by atoms with Crippen LogP contribution in [-0.2, 0) is 9.47 Å². The molecule has 28 heavy (non-hydrogen) atoms. The smallest absolute Gasteiger partial charge is 0.0700 e. The van der Waals surface area contributed by atoms with Crippen molar-refractivity contribution >= 4 is 46.4 Å². The summed E-state index contributed by atoms with van der Waals surface area (Å²) >= 11 is 23.5. The highest BCUT2D eigenvalue weighted by molar-refractivity contribution is 6.48. The molecule has 164 valence electrons. The lowest BCUT2D eigenvalue weighted by molar-refractivity contribution is -0.0252. The van der Waals surface area contributed by atoms with Gasteiger partial charge in [-0.3, -0.25) is 0 Å². The average molecular weight is 478 g/mol. The van der Waals surface area contributed by atoms with Gasteiger partial charge < -0.3 is 19.7 Å². The van der Waals surface area contributed by atoms with Crippen LogP contribution in [0.25, 0.3) is 0 Å². The molecule has 8 heteroatoms. The molecule has 0 spiro atoms. The molecular formula is C20H32Cl4O4. The van der Waals surface area contributed by atoms with Crippen molar-refractivity contribution in [2.75, 3.05) is 39.6 Å². The summed E-state index contributed by atoms with van der Waals surface area (Å²) < 4.78 is 10.8. The number of halogens is 4. The molecule has 0 amide bonds. The molecule has 0 aromatic heterocycles. The molecule has 1 rings (SSSR count). The fourth-order valence-corrected chi connectivity index (χ4v) is 2.80. The predicted octanol–water partition coefficient (Wildman–Crippen LogP) is 5.97. The van der Waals surface area contributed by atoms with Gasteiger partial charge in [0.15, 0.2) is 0 Å². The van der Waals surface area contributed by atoms with Crippen molar-refractivity contribution < 1.29 is 19.7 Å². The Labute approximate surface area is 189 Å². The van der Waals surface area contributed by atoms with Crippen LogP contribution < -0.4 is 0 Å². The molecule has 0 unspecified atom stereocenters. The van der Waals surface area contributed by atoms with Crippen LogP contribution in [0.4, 0.5) is 0 Å². The molecule has 0 aliphatic rings. The van der Waals surface area contributed by atoms with Crippen molar-refractivity contribution in [3.8, 4) is 0 Å². The zero-order valence-electron chi connectivity index (χ0n) is 17.5. The summed E-state index contributed by atoms with van der Waals surface area (Å²) in [5.41, 5.74) is 1.06. The van der Waals surface area contributed by atoms with Gasteiger partial charge in [-0.2, -0.15) is 0 Å². The quantitative estimate of drug-likeness (QED) is 0.339. The topological polar surface area (TPSA) is 58.9 Å². The lowest BCUT2D eigenvalue weighted by Gasteiger charge is -2.23. The molecule has 0 fully saturated rings. The second kappa shape index (κ2) is 12.8. The highest BCUT2D eigenvalue weighted by Crippen LogP contribution is 2.39. The first-order valence-corrected chi connectivity index (χ1v) is 10.5. The van der Waals surface area contributed by atoms with E-state index in [1.165, 1.54) is 0 Å². The number of benzene rings is 1. The predicted molar refractivity (Wildman–Crippen MR) is 119 cm³/mol. The summed E-state index contributed by atoms with van der Waals surface area (Å²) in [4.78, 5) is 0. The minimum Gasteiger partial charge on any atom is -0.396 e. The van der Waals surface area contributed by atoms with Gasteiger partial charge in [-0.1, -0.05) is 74.1 Å². The highest BCUT2D eigenvalue weighted by atomic mass is 35.5. The molecule has 2 N–H and O–H groups in total. The van der Waals surface area contributed by atoms with Crippen LogP contribution in [0.2, 0.25) is 20.1 Å². The monoisotopic (exact) mass is 476 g/mol. The number of rotatable bonds is 9. The van der Waals surface area contributed by atoms with E-state index in [4.69, 9.17) is 66.1 Å². The van der Waals surface area contributed by atoms with Gasteiger partial charge in [0.1, 0.15) is 0 Å². The maximum atomic E-state index is 9.00. The maximum absolute atomic E-state index is 9.00. The van der Waals surface area contributed by atoms with Crippen molar-refractivity contribution in [3.05, 3.63) is 31.2 Å². The number of hydrogen-bond acceptors (Lipinski definition) is 4. The van der Waals surface area contributed by atoms with Gasteiger partial charge in [-0.05, 0) is 25.0 Å². The minimum absolute atomic E-state index is 0.116. The van der Waals surface area contributed by atoms with Crippen LogP contribution in [0.3, 0.4) is 0 Å². The lowest BCUT2D eigenvalue weighted by Crippen LogP contribution is -2.26. The van der Waals surface area contributed by atoms with Crippen LogP contribution in [0, 0.1) is 24.7 Å². The van der Waals surface area contributed by atoms with E-state index in [9.17, 15) is 0 Å². The van der Waals surface area contributed by atoms with Crippen molar-refractivity contribution in [3.63, 3.8) is 0 Å². The van der Waals surface area contributed by atoms with E-state index in [0.29, 0.717) is 46.5 Å². The summed E-state index contributed by atoms with van der Waals surface area (Å²) in [7, 11) is 0. The van der Waals surface area contributed by atoms with E-state index in [0.717, 1.165) is 11.1 Å².